The lowest BCUT2D eigenvalue weighted by atomic mass is 10.0. The maximum atomic E-state index is 12.9. The van der Waals surface area contributed by atoms with E-state index in [1.807, 2.05) is 19.1 Å². The summed E-state index contributed by atoms with van der Waals surface area (Å²) in [4.78, 5) is 18.5. The van der Waals surface area contributed by atoms with E-state index < -0.39 is 5.82 Å². The summed E-state index contributed by atoms with van der Waals surface area (Å²) in [6.07, 6.45) is 2.11. The minimum Gasteiger partial charge on any atom is -0.370 e. The lowest BCUT2D eigenvalue weighted by molar-refractivity contribution is 0.0928. The van der Waals surface area contributed by atoms with Crippen LogP contribution in [-0.4, -0.2) is 23.9 Å². The number of Topliss-reactive ketones (excluding diaryl/α,β-unsaturated/α-hetero) is 1. The molecule has 3 rings (SSSR count). The number of pyridine rings is 1. The Morgan fingerprint density at radius 1 is 1.33 bits per heavy atom. The first-order chi connectivity index (χ1) is 10.1. The maximum Gasteiger partial charge on any atom is 0.185 e. The maximum absolute atomic E-state index is 12.9. The number of ketones is 1. The number of fused-ring (bicyclic) bond motifs is 1. The molecule has 1 aromatic carbocycles. The average Bonchev–Trinajstić information content (AvgIpc) is 2.91. The largest absolute Gasteiger partial charge is 0.370 e. The van der Waals surface area contributed by atoms with Gasteiger partial charge in [0.05, 0.1) is 6.20 Å². The standard InChI is InChI=1S/C17H17FN2O/c1-12(17(21)15-7-6-14(18)10-19-15)11-20-9-8-13-4-2-3-5-16(13)20/h2-7,10,12H,8-9,11H2,1H3. The van der Waals surface area contributed by atoms with Gasteiger partial charge in [-0.25, -0.2) is 4.39 Å². The summed E-state index contributed by atoms with van der Waals surface area (Å²) < 4.78 is 12.9. The highest BCUT2D eigenvalue weighted by atomic mass is 19.1. The lowest BCUT2D eigenvalue weighted by Crippen LogP contribution is -2.30. The predicted molar refractivity (Wildman–Crippen MR) is 80.0 cm³/mol. The van der Waals surface area contributed by atoms with Gasteiger partial charge in [-0.15, -0.1) is 0 Å². The van der Waals surface area contributed by atoms with Crippen molar-refractivity contribution in [2.24, 2.45) is 5.92 Å². The fourth-order valence-corrected chi connectivity index (χ4v) is 2.78. The Bertz CT molecular complexity index is 654. The Balaban J connectivity index is 1.71. The molecule has 0 fully saturated rings. The SMILES string of the molecule is CC(CN1CCc2ccccc21)C(=O)c1ccc(F)cn1. The number of para-hydroxylation sites is 1. The Labute approximate surface area is 123 Å². The fraction of sp³-hybridized carbons (Fsp3) is 0.294. The minimum absolute atomic E-state index is 0.0422. The molecule has 21 heavy (non-hydrogen) atoms. The van der Waals surface area contributed by atoms with Crippen LogP contribution in [0.1, 0.15) is 23.0 Å². The molecule has 2 aromatic rings. The number of benzene rings is 1. The van der Waals surface area contributed by atoms with Crippen molar-refractivity contribution in [2.75, 3.05) is 18.0 Å². The molecule has 1 aliphatic rings. The number of halogens is 1. The van der Waals surface area contributed by atoms with Crippen molar-refractivity contribution in [3.8, 4) is 0 Å². The molecule has 0 N–H and O–H groups in total. The van der Waals surface area contributed by atoms with E-state index in [0.717, 1.165) is 19.2 Å². The smallest absolute Gasteiger partial charge is 0.185 e. The fourth-order valence-electron chi connectivity index (χ4n) is 2.78. The first kappa shape index (κ1) is 13.7. The molecule has 0 amide bonds. The summed E-state index contributed by atoms with van der Waals surface area (Å²) >= 11 is 0. The number of carbonyl (C=O) groups excluding carboxylic acids is 1. The summed E-state index contributed by atoms with van der Waals surface area (Å²) in [5.41, 5.74) is 2.87. The highest BCUT2D eigenvalue weighted by Crippen LogP contribution is 2.28. The Morgan fingerprint density at radius 3 is 2.90 bits per heavy atom. The highest BCUT2D eigenvalue weighted by molar-refractivity contribution is 5.96. The number of anilines is 1. The number of rotatable bonds is 4. The zero-order valence-corrected chi connectivity index (χ0v) is 11.9. The van der Waals surface area contributed by atoms with Crippen LogP contribution in [-0.2, 0) is 6.42 Å². The second kappa shape index (κ2) is 5.64. The normalized spacial score (nSPS) is 14.9. The molecular weight excluding hydrogens is 267 g/mol. The van der Waals surface area contributed by atoms with E-state index in [-0.39, 0.29) is 11.7 Å². The molecule has 1 aliphatic heterocycles. The molecule has 1 unspecified atom stereocenters. The molecule has 0 saturated heterocycles. The van der Waals surface area contributed by atoms with Crippen LogP contribution in [0.3, 0.4) is 0 Å². The van der Waals surface area contributed by atoms with E-state index in [9.17, 15) is 9.18 Å². The third-order valence-corrected chi connectivity index (χ3v) is 3.91. The third kappa shape index (κ3) is 2.79. The summed E-state index contributed by atoms with van der Waals surface area (Å²) in [5, 5.41) is 0. The van der Waals surface area contributed by atoms with Crippen LogP contribution < -0.4 is 4.90 Å². The van der Waals surface area contributed by atoms with Gasteiger partial charge >= 0.3 is 0 Å². The second-order valence-electron chi connectivity index (χ2n) is 5.45. The van der Waals surface area contributed by atoms with E-state index in [0.29, 0.717) is 12.2 Å². The number of aromatic nitrogens is 1. The van der Waals surface area contributed by atoms with Crippen LogP contribution in [0, 0.1) is 11.7 Å². The number of nitrogens with zero attached hydrogens (tertiary/aromatic N) is 2. The Morgan fingerprint density at radius 2 is 2.14 bits per heavy atom. The van der Waals surface area contributed by atoms with Crippen LogP contribution in [0.5, 0.6) is 0 Å². The van der Waals surface area contributed by atoms with Gasteiger partial charge in [0.1, 0.15) is 11.5 Å². The van der Waals surface area contributed by atoms with Crippen LogP contribution >= 0.6 is 0 Å². The van der Waals surface area contributed by atoms with Crippen molar-refractivity contribution in [2.45, 2.75) is 13.3 Å². The number of hydrogen-bond acceptors (Lipinski definition) is 3. The van der Waals surface area contributed by atoms with Gasteiger partial charge in [0.2, 0.25) is 0 Å². The van der Waals surface area contributed by atoms with Gasteiger partial charge in [-0.1, -0.05) is 25.1 Å². The van der Waals surface area contributed by atoms with Crippen molar-refractivity contribution < 1.29 is 9.18 Å². The highest BCUT2D eigenvalue weighted by Gasteiger charge is 2.24. The van der Waals surface area contributed by atoms with Crippen LogP contribution in [0.25, 0.3) is 0 Å². The van der Waals surface area contributed by atoms with Crippen LogP contribution in [0.15, 0.2) is 42.6 Å². The summed E-state index contributed by atoms with van der Waals surface area (Å²) in [6.45, 7) is 3.50. The molecule has 1 atom stereocenters. The predicted octanol–water partition coefficient (Wildman–Crippen LogP) is 3.10. The summed E-state index contributed by atoms with van der Waals surface area (Å²) in [6, 6.07) is 11.0. The first-order valence-electron chi connectivity index (χ1n) is 7.14. The lowest BCUT2D eigenvalue weighted by Gasteiger charge is -2.22. The topological polar surface area (TPSA) is 33.2 Å². The van der Waals surface area contributed by atoms with Crippen molar-refractivity contribution in [1.82, 2.24) is 4.98 Å². The van der Waals surface area contributed by atoms with Crippen LogP contribution in [0.4, 0.5) is 10.1 Å². The quantitative estimate of drug-likeness (QED) is 0.809. The zero-order valence-electron chi connectivity index (χ0n) is 11.9. The van der Waals surface area contributed by atoms with Gasteiger partial charge in [0.15, 0.2) is 5.78 Å². The third-order valence-electron chi connectivity index (χ3n) is 3.91. The van der Waals surface area contributed by atoms with E-state index >= 15 is 0 Å². The van der Waals surface area contributed by atoms with Crippen molar-refractivity contribution in [3.05, 3.63) is 59.7 Å². The van der Waals surface area contributed by atoms with E-state index in [2.05, 4.69) is 22.0 Å². The Kier molecular flexibility index (Phi) is 3.69. The van der Waals surface area contributed by atoms with Crippen molar-refractivity contribution >= 4 is 11.5 Å². The molecule has 0 bridgehead atoms. The zero-order chi connectivity index (χ0) is 14.8. The van der Waals surface area contributed by atoms with Gasteiger partial charge in [-0.2, -0.15) is 0 Å². The molecule has 0 aliphatic carbocycles. The minimum atomic E-state index is -0.423. The molecule has 0 radical (unpaired) electrons. The van der Waals surface area contributed by atoms with Gasteiger partial charge in [0, 0.05) is 24.7 Å². The second-order valence-corrected chi connectivity index (χ2v) is 5.45. The average molecular weight is 284 g/mol. The molecule has 0 saturated carbocycles. The molecule has 108 valence electrons. The molecule has 3 nitrogen and oxygen atoms in total. The number of hydrogen-bond donors (Lipinski definition) is 0. The van der Waals surface area contributed by atoms with Gasteiger partial charge in [0.25, 0.3) is 0 Å². The molecule has 0 spiro atoms. The van der Waals surface area contributed by atoms with Gasteiger partial charge in [-0.3, -0.25) is 9.78 Å². The summed E-state index contributed by atoms with van der Waals surface area (Å²) in [5.74, 6) is -0.638. The first-order valence-corrected chi connectivity index (χ1v) is 7.14. The van der Waals surface area contributed by atoms with Crippen molar-refractivity contribution in [3.63, 3.8) is 0 Å². The monoisotopic (exact) mass is 284 g/mol. The molecule has 1 aromatic heterocycles. The van der Waals surface area contributed by atoms with E-state index in [1.165, 1.54) is 23.4 Å². The molecule has 4 heteroatoms. The van der Waals surface area contributed by atoms with E-state index in [1.54, 1.807) is 0 Å². The molecular formula is C17H17FN2O. The summed E-state index contributed by atoms with van der Waals surface area (Å²) in [7, 11) is 0. The Hall–Kier alpha value is -2.23. The molecule has 2 heterocycles. The van der Waals surface area contributed by atoms with Gasteiger partial charge in [-0.05, 0) is 30.2 Å². The van der Waals surface area contributed by atoms with Crippen LogP contribution in [0.2, 0.25) is 0 Å². The van der Waals surface area contributed by atoms with Gasteiger partial charge < -0.3 is 4.90 Å². The van der Waals surface area contributed by atoms with E-state index in [4.69, 9.17) is 0 Å². The van der Waals surface area contributed by atoms with Crippen molar-refractivity contribution in [1.29, 1.82) is 0 Å². The number of carbonyl (C=O) groups is 1.